The van der Waals surface area contributed by atoms with E-state index < -0.39 is 6.10 Å². The molecule has 1 heterocycles. The number of aliphatic hydroxyl groups is 1. The summed E-state index contributed by atoms with van der Waals surface area (Å²) in [6.07, 6.45) is -0.467. The summed E-state index contributed by atoms with van der Waals surface area (Å²) in [6, 6.07) is 9.57. The van der Waals surface area contributed by atoms with E-state index in [0.717, 1.165) is 10.4 Å². The summed E-state index contributed by atoms with van der Waals surface area (Å²) in [7, 11) is 1.66. The number of carbonyl (C=O) groups is 1. The molecule has 0 aliphatic heterocycles. The highest BCUT2D eigenvalue weighted by molar-refractivity contribution is 7.10. The van der Waals surface area contributed by atoms with E-state index in [0.29, 0.717) is 0 Å². The maximum Gasteiger partial charge on any atom is 0.226 e. The fraction of sp³-hybridized carbons (Fsp3) is 0.267. The van der Waals surface area contributed by atoms with Crippen LogP contribution in [-0.4, -0.2) is 29.5 Å². The Bertz CT molecular complexity index is 554. The first-order valence-corrected chi connectivity index (χ1v) is 7.14. The van der Waals surface area contributed by atoms with Gasteiger partial charge in [0.15, 0.2) is 0 Å². The Hall–Kier alpha value is -1.72. The molecule has 0 spiro atoms. The average Bonchev–Trinajstić information content (AvgIpc) is 2.95. The number of halogens is 1. The molecule has 0 saturated heterocycles. The highest BCUT2D eigenvalue weighted by atomic mass is 32.1. The van der Waals surface area contributed by atoms with Crippen LogP contribution in [0.5, 0.6) is 0 Å². The third kappa shape index (κ3) is 3.88. The van der Waals surface area contributed by atoms with Crippen molar-refractivity contribution in [2.75, 3.05) is 13.6 Å². The number of amides is 1. The number of carbonyl (C=O) groups excluding carboxylic acids is 1. The van der Waals surface area contributed by atoms with Gasteiger partial charge in [0, 0.05) is 11.9 Å². The minimum Gasteiger partial charge on any atom is -0.386 e. The second-order valence-electron chi connectivity index (χ2n) is 4.61. The number of hydrogen-bond acceptors (Lipinski definition) is 3. The number of rotatable bonds is 5. The first-order valence-electron chi connectivity index (χ1n) is 6.26. The highest BCUT2D eigenvalue weighted by Crippen LogP contribution is 2.19. The van der Waals surface area contributed by atoms with Gasteiger partial charge in [0.2, 0.25) is 5.91 Å². The van der Waals surface area contributed by atoms with Crippen molar-refractivity contribution in [1.82, 2.24) is 4.90 Å². The van der Waals surface area contributed by atoms with Crippen molar-refractivity contribution < 1.29 is 14.3 Å². The summed E-state index contributed by atoms with van der Waals surface area (Å²) in [5.41, 5.74) is 0.758. The monoisotopic (exact) mass is 293 g/mol. The molecule has 1 unspecified atom stereocenters. The van der Waals surface area contributed by atoms with Crippen LogP contribution < -0.4 is 0 Å². The van der Waals surface area contributed by atoms with Crippen LogP contribution in [0.15, 0.2) is 41.8 Å². The van der Waals surface area contributed by atoms with E-state index in [1.165, 1.54) is 28.4 Å². The molecule has 2 rings (SSSR count). The van der Waals surface area contributed by atoms with Gasteiger partial charge in [0.1, 0.15) is 11.9 Å². The molecule has 20 heavy (non-hydrogen) atoms. The van der Waals surface area contributed by atoms with Crippen molar-refractivity contribution in [3.05, 3.63) is 58.0 Å². The standard InChI is InChI=1S/C15H16FNO2S/c1-17(10-13(18)14-3-2-8-20-14)15(19)9-11-4-6-12(16)7-5-11/h2-8,13,18H,9-10H2,1H3. The largest absolute Gasteiger partial charge is 0.386 e. The van der Waals surface area contributed by atoms with Gasteiger partial charge in [0.05, 0.1) is 13.0 Å². The predicted molar refractivity (Wildman–Crippen MR) is 77.0 cm³/mol. The molecule has 0 bridgehead atoms. The number of likely N-dealkylation sites (N-methyl/N-ethyl adjacent to an activating group) is 1. The van der Waals surface area contributed by atoms with Gasteiger partial charge in [-0.3, -0.25) is 4.79 Å². The van der Waals surface area contributed by atoms with Crippen LogP contribution >= 0.6 is 11.3 Å². The molecule has 0 fully saturated rings. The summed E-state index contributed by atoms with van der Waals surface area (Å²) in [4.78, 5) is 14.4. The summed E-state index contributed by atoms with van der Waals surface area (Å²) in [5.74, 6) is -0.421. The van der Waals surface area contributed by atoms with Crippen LogP contribution in [0.3, 0.4) is 0 Å². The van der Waals surface area contributed by atoms with Crippen LogP contribution in [0.2, 0.25) is 0 Å². The lowest BCUT2D eigenvalue weighted by Gasteiger charge is -2.20. The molecular weight excluding hydrogens is 277 g/mol. The summed E-state index contributed by atoms with van der Waals surface area (Å²) in [5, 5.41) is 11.9. The predicted octanol–water partition coefficient (Wildman–Crippen LogP) is 2.62. The molecule has 1 aromatic heterocycles. The Balaban J connectivity index is 1.90. The Morgan fingerprint density at radius 1 is 1.35 bits per heavy atom. The molecule has 0 aliphatic carbocycles. The first kappa shape index (κ1) is 14.7. The van der Waals surface area contributed by atoms with Gasteiger partial charge in [-0.2, -0.15) is 0 Å². The van der Waals surface area contributed by atoms with E-state index in [1.54, 1.807) is 19.2 Å². The Labute approximate surface area is 121 Å². The minimum absolute atomic E-state index is 0.104. The summed E-state index contributed by atoms with van der Waals surface area (Å²) in [6.45, 7) is 0.251. The lowest BCUT2D eigenvalue weighted by atomic mass is 10.1. The fourth-order valence-corrected chi connectivity index (χ4v) is 2.55. The lowest BCUT2D eigenvalue weighted by molar-refractivity contribution is -0.130. The van der Waals surface area contributed by atoms with Crippen molar-refractivity contribution in [2.45, 2.75) is 12.5 Å². The van der Waals surface area contributed by atoms with Gasteiger partial charge in [-0.25, -0.2) is 4.39 Å². The third-order valence-corrected chi connectivity index (χ3v) is 3.99. The Kier molecular flexibility index (Phi) is 4.87. The van der Waals surface area contributed by atoms with Crippen molar-refractivity contribution in [3.8, 4) is 0 Å². The normalized spacial score (nSPS) is 12.2. The molecule has 1 N–H and O–H groups in total. The molecule has 0 aliphatic rings. The number of nitrogens with zero attached hydrogens (tertiary/aromatic N) is 1. The van der Waals surface area contributed by atoms with Crippen LogP contribution in [0, 0.1) is 5.82 Å². The van der Waals surface area contributed by atoms with E-state index in [4.69, 9.17) is 0 Å². The van der Waals surface area contributed by atoms with Crippen LogP contribution in [0.25, 0.3) is 0 Å². The maximum absolute atomic E-state index is 12.8. The number of hydrogen-bond donors (Lipinski definition) is 1. The number of benzene rings is 1. The highest BCUT2D eigenvalue weighted by Gasteiger charge is 2.16. The Morgan fingerprint density at radius 3 is 2.65 bits per heavy atom. The lowest BCUT2D eigenvalue weighted by Crippen LogP contribution is -2.32. The zero-order valence-corrected chi connectivity index (χ0v) is 11.9. The molecule has 0 saturated carbocycles. The molecule has 1 atom stereocenters. The minimum atomic E-state index is -0.669. The molecule has 1 amide bonds. The van der Waals surface area contributed by atoms with Crippen LogP contribution in [-0.2, 0) is 11.2 Å². The van der Waals surface area contributed by atoms with E-state index in [2.05, 4.69) is 0 Å². The molecule has 1 aromatic carbocycles. The van der Waals surface area contributed by atoms with E-state index >= 15 is 0 Å². The second-order valence-corrected chi connectivity index (χ2v) is 5.59. The van der Waals surface area contributed by atoms with Crippen molar-refractivity contribution in [2.24, 2.45) is 0 Å². The van der Waals surface area contributed by atoms with Gasteiger partial charge >= 0.3 is 0 Å². The van der Waals surface area contributed by atoms with E-state index in [1.807, 2.05) is 17.5 Å². The number of aliphatic hydroxyl groups excluding tert-OH is 1. The maximum atomic E-state index is 12.8. The SMILES string of the molecule is CN(CC(O)c1cccs1)C(=O)Cc1ccc(F)cc1. The topological polar surface area (TPSA) is 40.5 Å². The van der Waals surface area contributed by atoms with Crippen LogP contribution in [0.1, 0.15) is 16.5 Å². The smallest absolute Gasteiger partial charge is 0.226 e. The molecule has 5 heteroatoms. The third-order valence-electron chi connectivity index (χ3n) is 3.01. The fourth-order valence-electron chi connectivity index (χ4n) is 1.84. The zero-order chi connectivity index (χ0) is 14.5. The van der Waals surface area contributed by atoms with Crippen molar-refractivity contribution in [1.29, 1.82) is 0 Å². The molecule has 3 nitrogen and oxygen atoms in total. The van der Waals surface area contributed by atoms with Crippen molar-refractivity contribution in [3.63, 3.8) is 0 Å². The second kappa shape index (κ2) is 6.63. The van der Waals surface area contributed by atoms with E-state index in [9.17, 15) is 14.3 Å². The van der Waals surface area contributed by atoms with Gasteiger partial charge in [0.25, 0.3) is 0 Å². The van der Waals surface area contributed by atoms with Crippen molar-refractivity contribution >= 4 is 17.2 Å². The van der Waals surface area contributed by atoms with Crippen LogP contribution in [0.4, 0.5) is 4.39 Å². The number of thiophene rings is 1. The van der Waals surface area contributed by atoms with Gasteiger partial charge in [-0.15, -0.1) is 11.3 Å². The van der Waals surface area contributed by atoms with Gasteiger partial charge in [-0.05, 0) is 29.1 Å². The Morgan fingerprint density at radius 2 is 2.05 bits per heavy atom. The molecule has 106 valence electrons. The first-order chi connectivity index (χ1) is 9.56. The summed E-state index contributed by atoms with van der Waals surface area (Å²) < 4.78 is 12.8. The summed E-state index contributed by atoms with van der Waals surface area (Å²) >= 11 is 1.46. The molecule has 0 radical (unpaired) electrons. The van der Waals surface area contributed by atoms with Gasteiger partial charge < -0.3 is 10.0 Å². The zero-order valence-electron chi connectivity index (χ0n) is 11.1. The van der Waals surface area contributed by atoms with Gasteiger partial charge in [-0.1, -0.05) is 18.2 Å². The molecular formula is C15H16FNO2S. The van der Waals surface area contributed by atoms with E-state index in [-0.39, 0.29) is 24.7 Å². The quantitative estimate of drug-likeness (QED) is 0.920. The molecule has 2 aromatic rings. The average molecular weight is 293 g/mol.